The van der Waals surface area contributed by atoms with Crippen LogP contribution in [0.2, 0.25) is 0 Å². The minimum atomic E-state index is -5.02. The fourth-order valence-corrected chi connectivity index (χ4v) is 6.94. The highest BCUT2D eigenvalue weighted by Gasteiger charge is 2.61. The maximum absolute atomic E-state index is 14.0. The molecule has 1 fully saturated rings. The number of ether oxygens (including phenoxy) is 1. The first kappa shape index (κ1) is 27.6. The molecular formula is C30H26F3N3O6. The average Bonchev–Trinajstić information content (AvgIpc) is 3.20. The van der Waals surface area contributed by atoms with Crippen molar-refractivity contribution in [1.82, 2.24) is 13.9 Å². The van der Waals surface area contributed by atoms with Crippen LogP contribution in [0.15, 0.2) is 80.9 Å². The van der Waals surface area contributed by atoms with Crippen LogP contribution in [-0.2, 0) is 16.1 Å². The van der Waals surface area contributed by atoms with Crippen molar-refractivity contribution in [2.45, 2.75) is 52.1 Å². The van der Waals surface area contributed by atoms with Crippen LogP contribution in [0.3, 0.4) is 0 Å². The van der Waals surface area contributed by atoms with Crippen molar-refractivity contribution in [1.29, 1.82) is 0 Å². The number of fused-ring (bicyclic) bond motifs is 4. The number of carbonyl (C=O) groups is 2. The van der Waals surface area contributed by atoms with Gasteiger partial charge in [0.2, 0.25) is 0 Å². The summed E-state index contributed by atoms with van der Waals surface area (Å²) in [7, 11) is 0. The van der Waals surface area contributed by atoms with Crippen molar-refractivity contribution in [3.63, 3.8) is 0 Å². The van der Waals surface area contributed by atoms with Crippen molar-refractivity contribution in [3.8, 4) is 17.2 Å². The first-order valence-electron chi connectivity index (χ1n) is 13.3. The summed E-state index contributed by atoms with van der Waals surface area (Å²) in [4.78, 5) is 55.1. The number of nitrogens with zero attached hydrogens (tertiary/aromatic N) is 3. The van der Waals surface area contributed by atoms with Gasteiger partial charge in [0.1, 0.15) is 11.5 Å². The van der Waals surface area contributed by atoms with Gasteiger partial charge in [0, 0.05) is 17.4 Å². The number of phenols is 1. The topological polar surface area (TPSA) is 113 Å². The van der Waals surface area contributed by atoms with Crippen LogP contribution in [0.1, 0.15) is 44.7 Å². The molecule has 42 heavy (non-hydrogen) atoms. The van der Waals surface area contributed by atoms with Crippen molar-refractivity contribution in [2.75, 3.05) is 0 Å². The molecule has 2 aromatic carbocycles. The van der Waals surface area contributed by atoms with E-state index in [1.807, 2.05) is 0 Å². The molecule has 3 aliphatic rings. The molecular weight excluding hydrogens is 555 g/mol. The Bertz CT molecular complexity index is 1850. The smallest absolute Gasteiger partial charge is 0.508 e. The van der Waals surface area contributed by atoms with Gasteiger partial charge in [0.15, 0.2) is 11.6 Å². The Morgan fingerprint density at radius 2 is 1.67 bits per heavy atom. The molecule has 2 heterocycles. The van der Waals surface area contributed by atoms with Gasteiger partial charge in [-0.3, -0.25) is 9.59 Å². The number of aromatic hydroxyl groups is 1. The summed E-state index contributed by atoms with van der Waals surface area (Å²) in [5.41, 5.74) is -1.57. The van der Waals surface area contributed by atoms with E-state index in [1.165, 1.54) is 16.3 Å². The molecule has 0 spiro atoms. The Hall–Kier alpha value is -4.61. The zero-order valence-corrected chi connectivity index (χ0v) is 22.8. The standard InChI is InChI=1S/C30H26F3N3O6/c1-15-16(2)26(39)29(3)21(25(15)38)14-22-19(24(29)20-13-18(9-10-23(20)37)42-30(31,32)33)11-12-34-27(40)35(28(41)36(22)34)17-7-5-4-6-8-17/h4-11,13,21-22,24,37H,12,14H2,1-3H3/t21-,22+,24+,29+/m0/s1. The van der Waals surface area contributed by atoms with E-state index in [4.69, 9.17) is 0 Å². The third-order valence-corrected chi connectivity index (χ3v) is 8.99. The fourth-order valence-electron chi connectivity index (χ4n) is 6.94. The summed E-state index contributed by atoms with van der Waals surface area (Å²) in [6.45, 7) is 4.57. The van der Waals surface area contributed by atoms with Crippen molar-refractivity contribution in [2.24, 2.45) is 11.3 Å². The number of rotatable bonds is 3. The number of hydrogen-bond donors (Lipinski definition) is 1. The first-order chi connectivity index (χ1) is 19.8. The Labute approximate surface area is 236 Å². The summed E-state index contributed by atoms with van der Waals surface area (Å²) >= 11 is 0. The van der Waals surface area contributed by atoms with E-state index in [2.05, 4.69) is 4.74 Å². The Morgan fingerprint density at radius 1 is 0.976 bits per heavy atom. The summed E-state index contributed by atoms with van der Waals surface area (Å²) in [5, 5.41) is 11.0. The van der Waals surface area contributed by atoms with Gasteiger partial charge in [-0.2, -0.15) is 0 Å². The summed E-state index contributed by atoms with van der Waals surface area (Å²) in [6.07, 6.45) is -3.37. The van der Waals surface area contributed by atoms with Gasteiger partial charge in [0.05, 0.1) is 23.7 Å². The lowest BCUT2D eigenvalue weighted by atomic mass is 9.50. The van der Waals surface area contributed by atoms with Crippen LogP contribution in [-0.4, -0.2) is 37.0 Å². The van der Waals surface area contributed by atoms with Crippen LogP contribution in [0.4, 0.5) is 13.2 Å². The number of alkyl halides is 3. The number of benzene rings is 2. The third-order valence-electron chi connectivity index (χ3n) is 8.99. The average molecular weight is 582 g/mol. The number of aromatic nitrogens is 3. The lowest BCUT2D eigenvalue weighted by Gasteiger charge is -2.53. The molecule has 9 nitrogen and oxygen atoms in total. The van der Waals surface area contributed by atoms with Crippen LogP contribution in [0, 0.1) is 11.3 Å². The molecule has 1 N–H and O–H groups in total. The Balaban J connectivity index is 1.61. The molecule has 1 aliphatic heterocycles. The van der Waals surface area contributed by atoms with Gasteiger partial charge in [0.25, 0.3) is 0 Å². The van der Waals surface area contributed by atoms with E-state index in [9.17, 15) is 37.5 Å². The molecule has 0 bridgehead atoms. The predicted octanol–water partition coefficient (Wildman–Crippen LogP) is 4.18. The van der Waals surface area contributed by atoms with Crippen LogP contribution in [0.25, 0.3) is 5.69 Å². The van der Waals surface area contributed by atoms with Gasteiger partial charge in [-0.05, 0) is 67.3 Å². The van der Waals surface area contributed by atoms with Gasteiger partial charge < -0.3 is 9.84 Å². The van der Waals surface area contributed by atoms with Crippen molar-refractivity contribution in [3.05, 3.63) is 97.9 Å². The molecule has 0 unspecified atom stereocenters. The highest BCUT2D eigenvalue weighted by molar-refractivity contribution is 6.15. The van der Waals surface area contributed by atoms with Crippen molar-refractivity contribution < 1.29 is 32.6 Å². The SMILES string of the molecule is CC1=C(C)C(=O)[C@@]2(C)[C@@H](c3cc(OC(F)(F)F)ccc3O)C3=CCn4c(=O)n(-c5ccccc5)c(=O)n4[C@@H]3C[C@H]2C1=O. The van der Waals surface area contributed by atoms with E-state index in [0.29, 0.717) is 11.3 Å². The summed E-state index contributed by atoms with van der Waals surface area (Å²) in [6, 6.07) is 10.4. The molecule has 0 saturated heterocycles. The van der Waals surface area contributed by atoms with Crippen molar-refractivity contribution >= 4 is 11.6 Å². The van der Waals surface area contributed by atoms with Gasteiger partial charge >= 0.3 is 17.7 Å². The molecule has 1 aromatic heterocycles. The largest absolute Gasteiger partial charge is 0.573 e. The second kappa shape index (κ2) is 9.20. The lowest BCUT2D eigenvalue weighted by molar-refractivity contribution is -0.274. The highest BCUT2D eigenvalue weighted by atomic mass is 19.4. The Kier molecular flexibility index (Phi) is 6.03. The minimum absolute atomic E-state index is 0.00825. The van der Waals surface area contributed by atoms with Gasteiger partial charge in [-0.25, -0.2) is 23.5 Å². The summed E-state index contributed by atoms with van der Waals surface area (Å²) in [5.74, 6) is -3.85. The Morgan fingerprint density at radius 3 is 2.33 bits per heavy atom. The molecule has 6 rings (SSSR count). The quantitative estimate of drug-likeness (QED) is 0.465. The number of Topliss-reactive ketones (excluding diaryl/α,β-unsaturated/α-hetero) is 2. The van der Waals surface area contributed by atoms with E-state index in [-0.39, 0.29) is 41.2 Å². The van der Waals surface area contributed by atoms with Crippen LogP contribution in [0.5, 0.6) is 11.5 Å². The van der Waals surface area contributed by atoms with E-state index in [1.54, 1.807) is 50.3 Å². The molecule has 2 aliphatic carbocycles. The van der Waals surface area contributed by atoms with Crippen LogP contribution < -0.4 is 16.1 Å². The van der Waals surface area contributed by atoms with E-state index >= 15 is 0 Å². The number of para-hydroxylation sites is 1. The van der Waals surface area contributed by atoms with Gasteiger partial charge in [-0.1, -0.05) is 31.2 Å². The molecule has 218 valence electrons. The zero-order chi connectivity index (χ0) is 30.3. The predicted molar refractivity (Wildman–Crippen MR) is 144 cm³/mol. The second-order valence-corrected chi connectivity index (χ2v) is 11.1. The number of phenolic OH excluding ortho intramolecular Hbond substituents is 1. The third kappa shape index (κ3) is 3.84. The van der Waals surface area contributed by atoms with Gasteiger partial charge in [-0.15, -0.1) is 13.2 Å². The fraction of sp³-hybridized carbons (Fsp3) is 0.333. The lowest BCUT2D eigenvalue weighted by Crippen LogP contribution is -2.55. The second-order valence-electron chi connectivity index (χ2n) is 11.1. The first-order valence-corrected chi connectivity index (χ1v) is 13.3. The highest BCUT2D eigenvalue weighted by Crippen LogP contribution is 2.61. The molecule has 4 atom stereocenters. The minimum Gasteiger partial charge on any atom is -0.508 e. The monoisotopic (exact) mass is 581 g/mol. The number of carbonyl (C=O) groups excluding carboxylic acids is 2. The number of allylic oxidation sites excluding steroid dienone is 4. The maximum Gasteiger partial charge on any atom is 0.573 e. The number of halogens is 3. The number of hydrogen-bond acceptors (Lipinski definition) is 6. The summed E-state index contributed by atoms with van der Waals surface area (Å²) < 4.78 is 47.1. The maximum atomic E-state index is 14.0. The van der Waals surface area contributed by atoms with E-state index < -0.39 is 52.5 Å². The van der Waals surface area contributed by atoms with E-state index in [0.717, 1.165) is 22.8 Å². The molecule has 12 heteroatoms. The normalized spacial score (nSPS) is 25.5. The molecule has 3 aromatic rings. The van der Waals surface area contributed by atoms with Crippen LogP contribution >= 0.6 is 0 Å². The zero-order valence-electron chi connectivity index (χ0n) is 22.8. The molecule has 1 saturated carbocycles. The molecule has 0 amide bonds. The molecule has 0 radical (unpaired) electrons. The number of ketones is 2.